The van der Waals surface area contributed by atoms with Crippen molar-refractivity contribution in [2.45, 2.75) is 49.3 Å². The van der Waals surface area contributed by atoms with Crippen molar-refractivity contribution in [2.75, 3.05) is 6.54 Å². The number of hydrogen-bond acceptors (Lipinski definition) is 8. The summed E-state index contributed by atoms with van der Waals surface area (Å²) in [6.07, 6.45) is -0.781. The summed E-state index contributed by atoms with van der Waals surface area (Å²) in [7, 11) is -1.96. The lowest BCUT2D eigenvalue weighted by atomic mass is 10.1. The van der Waals surface area contributed by atoms with Gasteiger partial charge in [0.05, 0.1) is 22.3 Å². The predicted molar refractivity (Wildman–Crippen MR) is 124 cm³/mol. The summed E-state index contributed by atoms with van der Waals surface area (Å²) >= 11 is 0. The van der Waals surface area contributed by atoms with E-state index in [4.69, 9.17) is 9.47 Å². The van der Waals surface area contributed by atoms with Crippen LogP contribution in [-0.4, -0.2) is 55.6 Å². The molecule has 1 saturated heterocycles. The second-order valence-corrected chi connectivity index (χ2v) is 10.2. The highest BCUT2D eigenvalue weighted by atomic mass is 32.2. The van der Waals surface area contributed by atoms with Crippen LogP contribution in [0.3, 0.4) is 0 Å². The molecule has 1 aliphatic rings. The molecule has 1 fully saturated rings. The van der Waals surface area contributed by atoms with Gasteiger partial charge in [0.15, 0.2) is 0 Å². The van der Waals surface area contributed by atoms with E-state index in [-0.39, 0.29) is 18.8 Å². The summed E-state index contributed by atoms with van der Waals surface area (Å²) in [6.45, 7) is 4.75. The molecular weight excluding hydrogens is 478 g/mol. The number of carbonyl (C=O) groups is 3. The van der Waals surface area contributed by atoms with Crippen LogP contribution in [0.1, 0.15) is 26.3 Å². The fourth-order valence-electron chi connectivity index (χ4n) is 3.17. The Labute approximate surface area is 204 Å². The molecular formula is C23H25N3O8S. The van der Waals surface area contributed by atoms with E-state index >= 15 is 0 Å². The van der Waals surface area contributed by atoms with Gasteiger partial charge in [0.2, 0.25) is 11.3 Å². The van der Waals surface area contributed by atoms with E-state index in [1.807, 2.05) is 0 Å². The number of esters is 1. The first-order valence-corrected chi connectivity index (χ1v) is 11.8. The molecule has 0 spiro atoms. The number of alkyl carbamates (subject to hydrolysis) is 1. The number of likely N-dealkylation sites (tertiary alicyclic amines) is 1. The molecule has 186 valence electrons. The lowest BCUT2D eigenvalue weighted by molar-refractivity contribution is -0.384. The lowest BCUT2D eigenvalue weighted by Crippen LogP contribution is -2.68. The molecule has 2 amide bonds. The third-order valence-corrected chi connectivity index (χ3v) is 6.43. The first-order chi connectivity index (χ1) is 16.5. The van der Waals surface area contributed by atoms with Gasteiger partial charge in [-0.1, -0.05) is 18.2 Å². The highest BCUT2D eigenvalue weighted by Gasteiger charge is 2.48. The smallest absolute Gasteiger partial charge is 0.408 e. The Morgan fingerprint density at radius 1 is 1.17 bits per heavy atom. The average Bonchev–Trinajstić information content (AvgIpc) is 2.81. The Bertz CT molecular complexity index is 1130. The van der Waals surface area contributed by atoms with Gasteiger partial charge in [0.1, 0.15) is 18.2 Å². The van der Waals surface area contributed by atoms with Crippen molar-refractivity contribution in [3.63, 3.8) is 0 Å². The van der Waals surface area contributed by atoms with Gasteiger partial charge >= 0.3 is 12.1 Å². The first kappa shape index (κ1) is 25.8. The Morgan fingerprint density at radius 2 is 1.80 bits per heavy atom. The van der Waals surface area contributed by atoms with Gasteiger partial charge in [0.25, 0.3) is 5.69 Å². The number of nitrogens with zero attached hydrogens (tertiary/aromatic N) is 2. The first-order valence-electron chi connectivity index (χ1n) is 10.6. The van der Waals surface area contributed by atoms with Gasteiger partial charge < -0.3 is 19.7 Å². The van der Waals surface area contributed by atoms with E-state index < -0.39 is 50.7 Å². The number of nitro groups is 1. The van der Waals surface area contributed by atoms with Crippen molar-refractivity contribution in [2.24, 2.45) is 0 Å². The number of non-ortho nitro benzene ring substituents is 1. The molecule has 3 rings (SSSR count). The van der Waals surface area contributed by atoms with Crippen LogP contribution in [0.5, 0.6) is 0 Å². The van der Waals surface area contributed by atoms with Gasteiger partial charge in [-0.15, -0.1) is 0 Å². The van der Waals surface area contributed by atoms with E-state index in [0.717, 1.165) is 4.90 Å². The van der Waals surface area contributed by atoms with Crippen LogP contribution >= 0.6 is 0 Å². The Hall–Kier alpha value is -3.80. The zero-order chi connectivity index (χ0) is 25.8. The topological polar surface area (TPSA) is 145 Å². The van der Waals surface area contributed by atoms with Crippen molar-refractivity contribution in [1.29, 1.82) is 0 Å². The molecule has 1 heterocycles. The predicted octanol–water partition coefficient (Wildman–Crippen LogP) is 2.51. The molecule has 2 unspecified atom stereocenters. The van der Waals surface area contributed by atoms with Gasteiger partial charge in [-0.05, 0) is 50.6 Å². The third-order valence-electron chi connectivity index (χ3n) is 4.84. The summed E-state index contributed by atoms with van der Waals surface area (Å²) in [5.41, 5.74) is -0.388. The number of nitrogens with one attached hydrogen (secondary N) is 1. The minimum Gasteiger partial charge on any atom is -0.459 e. The Kier molecular flexibility index (Phi) is 7.85. The normalized spacial score (nSPS) is 17.1. The summed E-state index contributed by atoms with van der Waals surface area (Å²) in [4.78, 5) is 49.4. The SMILES string of the molecule is CC(C)(C)OC(=O)N[C@H]1CN(C(C(=O)OCc2ccc([N+](=O)[O-])cc2)S(=O)c2ccccc2)C1=O. The molecule has 12 heteroatoms. The number of β-lactam (4-membered cyclic amide) rings is 1. The van der Waals surface area contributed by atoms with Gasteiger partial charge in [-0.25, -0.2) is 9.59 Å². The van der Waals surface area contributed by atoms with Crippen LogP contribution in [0, 0.1) is 10.1 Å². The minimum absolute atomic E-state index is 0.0616. The molecule has 35 heavy (non-hydrogen) atoms. The fourth-order valence-corrected chi connectivity index (χ4v) is 4.52. The van der Waals surface area contributed by atoms with Crippen molar-refractivity contribution in [1.82, 2.24) is 10.2 Å². The zero-order valence-corrected chi connectivity index (χ0v) is 20.2. The van der Waals surface area contributed by atoms with Crippen molar-refractivity contribution in [3.8, 4) is 0 Å². The number of amides is 2. The van der Waals surface area contributed by atoms with E-state index in [0.29, 0.717) is 10.5 Å². The standard InChI is InChI=1S/C23H25N3O8S/c1-23(2,3)34-22(29)24-18-13-25(19(18)27)20(35(32)17-7-5-4-6-8-17)21(28)33-14-15-9-11-16(12-10-15)26(30)31/h4-12,18,20H,13-14H2,1-3H3,(H,24,29)/t18-,20?,35?/m0/s1. The maximum Gasteiger partial charge on any atom is 0.408 e. The van der Waals surface area contributed by atoms with Gasteiger partial charge in [0, 0.05) is 17.0 Å². The second-order valence-electron chi connectivity index (χ2n) is 8.68. The van der Waals surface area contributed by atoms with Crippen molar-refractivity contribution >= 4 is 34.5 Å². The maximum atomic E-state index is 13.2. The minimum atomic E-state index is -1.96. The summed E-state index contributed by atoms with van der Waals surface area (Å²) in [5, 5.41) is 11.8. The Balaban J connectivity index is 1.72. The number of ether oxygens (including phenoxy) is 2. The van der Waals surface area contributed by atoms with E-state index in [9.17, 15) is 28.7 Å². The molecule has 2 aromatic carbocycles. The van der Waals surface area contributed by atoms with Crippen LogP contribution in [0.4, 0.5) is 10.5 Å². The van der Waals surface area contributed by atoms with Gasteiger partial charge in [-0.3, -0.25) is 19.1 Å². The molecule has 0 bridgehead atoms. The molecule has 2 aromatic rings. The third kappa shape index (κ3) is 6.63. The highest BCUT2D eigenvalue weighted by molar-refractivity contribution is 7.86. The number of benzene rings is 2. The maximum absolute atomic E-state index is 13.2. The highest BCUT2D eigenvalue weighted by Crippen LogP contribution is 2.24. The average molecular weight is 504 g/mol. The number of nitro benzene ring substituents is 1. The zero-order valence-electron chi connectivity index (χ0n) is 19.3. The quantitative estimate of drug-likeness (QED) is 0.250. The number of hydrogen-bond donors (Lipinski definition) is 1. The number of carbonyl (C=O) groups excluding carboxylic acids is 3. The fraction of sp³-hybridized carbons (Fsp3) is 0.348. The molecule has 1 aliphatic heterocycles. The largest absolute Gasteiger partial charge is 0.459 e. The molecule has 0 saturated carbocycles. The Morgan fingerprint density at radius 3 is 2.34 bits per heavy atom. The van der Waals surface area contributed by atoms with E-state index in [2.05, 4.69) is 5.32 Å². The number of rotatable bonds is 8. The molecule has 0 aliphatic carbocycles. The molecule has 0 aromatic heterocycles. The summed E-state index contributed by atoms with van der Waals surface area (Å²) in [5.74, 6) is -1.51. The van der Waals surface area contributed by atoms with Crippen molar-refractivity contribution < 1.29 is 33.0 Å². The van der Waals surface area contributed by atoms with Crippen LogP contribution in [0.15, 0.2) is 59.5 Å². The van der Waals surface area contributed by atoms with Crippen LogP contribution in [0.25, 0.3) is 0 Å². The summed E-state index contributed by atoms with van der Waals surface area (Å²) < 4.78 is 23.7. The monoisotopic (exact) mass is 503 g/mol. The van der Waals surface area contributed by atoms with Crippen LogP contribution in [0.2, 0.25) is 0 Å². The van der Waals surface area contributed by atoms with E-state index in [1.165, 1.54) is 24.3 Å². The van der Waals surface area contributed by atoms with Gasteiger partial charge in [-0.2, -0.15) is 0 Å². The van der Waals surface area contributed by atoms with E-state index in [1.54, 1.807) is 51.1 Å². The lowest BCUT2D eigenvalue weighted by Gasteiger charge is -2.41. The molecule has 3 atom stereocenters. The second kappa shape index (κ2) is 10.6. The summed E-state index contributed by atoms with van der Waals surface area (Å²) in [6, 6.07) is 12.6. The molecule has 0 radical (unpaired) electrons. The molecule has 11 nitrogen and oxygen atoms in total. The van der Waals surface area contributed by atoms with Crippen LogP contribution < -0.4 is 5.32 Å². The molecule has 1 N–H and O–H groups in total. The van der Waals surface area contributed by atoms with Crippen molar-refractivity contribution in [3.05, 3.63) is 70.3 Å². The van der Waals surface area contributed by atoms with Crippen LogP contribution in [-0.2, 0) is 36.5 Å².